The summed E-state index contributed by atoms with van der Waals surface area (Å²) in [4.78, 5) is 0. The van der Waals surface area contributed by atoms with E-state index in [1.165, 1.54) is 0 Å². The highest BCUT2D eigenvalue weighted by molar-refractivity contribution is 8.14. The Morgan fingerprint density at radius 3 is 1.27 bits per heavy atom. The van der Waals surface area contributed by atoms with E-state index in [2.05, 4.69) is 20.8 Å². The van der Waals surface area contributed by atoms with E-state index in [0.29, 0.717) is 0 Å². The summed E-state index contributed by atoms with van der Waals surface area (Å²) in [5.74, 6) is 0.833. The Labute approximate surface area is 95.2 Å². The lowest BCUT2D eigenvalue weighted by atomic mass is 10.3. The lowest BCUT2D eigenvalue weighted by Gasteiger charge is -2.52. The van der Waals surface area contributed by atoms with Gasteiger partial charge in [-0.2, -0.15) is 4.21 Å². The van der Waals surface area contributed by atoms with Crippen molar-refractivity contribution in [3.63, 3.8) is 0 Å². The molecule has 4 heteroatoms. The first-order valence-corrected chi connectivity index (χ1v) is 7.46. The molecule has 3 nitrogen and oxygen atoms in total. The Morgan fingerprint density at radius 1 is 1.07 bits per heavy atom. The molecule has 0 aromatic carbocycles. The molecule has 0 amide bonds. The number of nitrogens with two attached hydrogens (primary N) is 1. The summed E-state index contributed by atoms with van der Waals surface area (Å²) in [7, 11) is -3.95. The molecular formula is C11H29NO2S. The fraction of sp³-hybridized carbons (Fsp3) is 1.00. The Balaban J connectivity index is 0. The summed E-state index contributed by atoms with van der Waals surface area (Å²) >= 11 is 0. The Morgan fingerprint density at radius 2 is 1.27 bits per heavy atom. The number of hydrogen-bond donors (Lipinski definition) is 2. The SMILES string of the molecule is CC(C)C.CC(C)S(N)(=O)(O)C(C)(C)C. The summed E-state index contributed by atoms with van der Waals surface area (Å²) in [5.41, 5.74) is 0. The molecule has 0 spiro atoms. The minimum atomic E-state index is -3.95. The zero-order chi connectivity index (χ0) is 13.1. The first-order valence-electron chi connectivity index (χ1n) is 5.41. The maximum Gasteiger partial charge on any atom is 0.0613 e. The molecular weight excluding hydrogens is 210 g/mol. The molecule has 0 bridgehead atoms. The van der Waals surface area contributed by atoms with Crippen LogP contribution in [0.2, 0.25) is 0 Å². The highest BCUT2D eigenvalue weighted by atomic mass is 32.3. The second-order valence-electron chi connectivity index (χ2n) is 5.92. The Bertz CT molecular complexity index is 243. The van der Waals surface area contributed by atoms with Gasteiger partial charge in [0.05, 0.1) is 10.00 Å². The van der Waals surface area contributed by atoms with Crippen LogP contribution >= 0.6 is 0 Å². The van der Waals surface area contributed by atoms with Gasteiger partial charge in [-0.3, -0.25) is 4.55 Å². The molecule has 0 unspecified atom stereocenters. The maximum atomic E-state index is 11.8. The summed E-state index contributed by atoms with van der Waals surface area (Å²) in [5, 5.41) is 5.08. The highest BCUT2D eigenvalue weighted by Crippen LogP contribution is 2.34. The quantitative estimate of drug-likeness (QED) is 0.739. The third-order valence-corrected chi connectivity index (χ3v) is 6.43. The summed E-state index contributed by atoms with van der Waals surface area (Å²) in [6.07, 6.45) is 0. The van der Waals surface area contributed by atoms with Crippen LogP contribution in [0.1, 0.15) is 55.4 Å². The van der Waals surface area contributed by atoms with E-state index in [-0.39, 0.29) is 0 Å². The van der Waals surface area contributed by atoms with Crippen molar-refractivity contribution in [2.75, 3.05) is 0 Å². The van der Waals surface area contributed by atoms with E-state index in [9.17, 15) is 8.76 Å². The lowest BCUT2D eigenvalue weighted by molar-refractivity contribution is 0.461. The molecule has 0 aromatic heterocycles. The van der Waals surface area contributed by atoms with Gasteiger partial charge in [-0.15, -0.1) is 9.53 Å². The molecule has 0 fully saturated rings. The smallest absolute Gasteiger partial charge is 0.0613 e. The van der Waals surface area contributed by atoms with Gasteiger partial charge in [0, 0.05) is 0 Å². The normalized spacial score (nSPS) is 15.6. The first kappa shape index (κ1) is 17.5. The van der Waals surface area contributed by atoms with Crippen LogP contribution in [-0.4, -0.2) is 18.8 Å². The summed E-state index contributed by atoms with van der Waals surface area (Å²) < 4.78 is 20.8. The van der Waals surface area contributed by atoms with E-state index in [1.54, 1.807) is 34.6 Å². The van der Waals surface area contributed by atoms with E-state index in [0.717, 1.165) is 5.92 Å². The average Bonchev–Trinajstić information content (AvgIpc) is 1.80. The van der Waals surface area contributed by atoms with Gasteiger partial charge in [0.15, 0.2) is 0 Å². The van der Waals surface area contributed by atoms with Crippen LogP contribution in [0.25, 0.3) is 0 Å². The predicted molar refractivity (Wildman–Crippen MR) is 70.4 cm³/mol. The van der Waals surface area contributed by atoms with Gasteiger partial charge in [0.25, 0.3) is 0 Å². The third-order valence-electron chi connectivity index (χ3n) is 2.14. The molecule has 0 rings (SSSR count). The molecule has 0 aliphatic carbocycles. The van der Waals surface area contributed by atoms with Crippen molar-refractivity contribution in [1.29, 1.82) is 0 Å². The second-order valence-corrected chi connectivity index (χ2v) is 10.1. The van der Waals surface area contributed by atoms with E-state index in [4.69, 9.17) is 5.14 Å². The topological polar surface area (TPSA) is 63.3 Å². The molecule has 0 heterocycles. The molecule has 3 N–H and O–H groups in total. The minimum Gasteiger partial charge on any atom is -0.290 e. The zero-order valence-corrected chi connectivity index (χ0v) is 12.3. The molecule has 0 saturated carbocycles. The minimum absolute atomic E-state index is 0.410. The van der Waals surface area contributed by atoms with Crippen LogP contribution in [0.4, 0.5) is 0 Å². The molecule has 0 radical (unpaired) electrons. The van der Waals surface area contributed by atoms with E-state index < -0.39 is 19.5 Å². The standard InChI is InChI=1S/C7H19NO2S.C4H10/c1-6(2)11(8,9,10)7(3,4)5;1-4(2)3/h6H,1-5H3,(H3,8,9,10);4H,1-3H3. The van der Waals surface area contributed by atoms with Gasteiger partial charge in [0.2, 0.25) is 0 Å². The van der Waals surface area contributed by atoms with Crippen molar-refractivity contribution in [3.8, 4) is 0 Å². The van der Waals surface area contributed by atoms with Crippen LogP contribution < -0.4 is 5.14 Å². The summed E-state index contributed by atoms with van der Waals surface area (Å²) in [6, 6.07) is 0. The van der Waals surface area contributed by atoms with E-state index >= 15 is 0 Å². The number of hydrogen-bond acceptors (Lipinski definition) is 1. The van der Waals surface area contributed by atoms with Gasteiger partial charge in [-0.1, -0.05) is 20.8 Å². The maximum absolute atomic E-state index is 11.8. The molecule has 15 heavy (non-hydrogen) atoms. The molecule has 0 atom stereocenters. The van der Waals surface area contributed by atoms with Gasteiger partial charge in [-0.05, 0) is 40.5 Å². The first-order chi connectivity index (χ1) is 6.21. The van der Waals surface area contributed by atoms with Crippen LogP contribution in [0.3, 0.4) is 0 Å². The second kappa shape index (κ2) is 4.93. The van der Waals surface area contributed by atoms with Crippen LogP contribution in [-0.2, 0) is 9.53 Å². The van der Waals surface area contributed by atoms with Crippen LogP contribution in [0.15, 0.2) is 0 Å². The monoisotopic (exact) mass is 239 g/mol. The van der Waals surface area contributed by atoms with Crippen molar-refractivity contribution >= 4 is 9.53 Å². The van der Waals surface area contributed by atoms with Crippen LogP contribution in [0.5, 0.6) is 0 Å². The largest absolute Gasteiger partial charge is 0.290 e. The molecule has 96 valence electrons. The lowest BCUT2D eigenvalue weighted by Crippen LogP contribution is -2.62. The van der Waals surface area contributed by atoms with Crippen molar-refractivity contribution in [1.82, 2.24) is 0 Å². The highest BCUT2D eigenvalue weighted by Gasteiger charge is 2.39. The summed E-state index contributed by atoms with van der Waals surface area (Å²) in [6.45, 7) is 14.9. The van der Waals surface area contributed by atoms with Gasteiger partial charge in [-0.25, -0.2) is 5.14 Å². The molecule has 0 saturated heterocycles. The van der Waals surface area contributed by atoms with Gasteiger partial charge < -0.3 is 0 Å². The zero-order valence-electron chi connectivity index (χ0n) is 11.5. The molecule has 0 aromatic rings. The van der Waals surface area contributed by atoms with Gasteiger partial charge >= 0.3 is 0 Å². The average molecular weight is 239 g/mol. The Hall–Kier alpha value is 0.0700. The van der Waals surface area contributed by atoms with Crippen molar-refractivity contribution in [2.45, 2.75) is 65.4 Å². The molecule has 0 aliphatic rings. The van der Waals surface area contributed by atoms with Crippen LogP contribution in [0, 0.1) is 5.92 Å². The predicted octanol–water partition coefficient (Wildman–Crippen LogP) is 3.02. The van der Waals surface area contributed by atoms with Gasteiger partial charge in [0.1, 0.15) is 0 Å². The van der Waals surface area contributed by atoms with E-state index in [1.807, 2.05) is 0 Å². The van der Waals surface area contributed by atoms with Crippen molar-refractivity contribution in [3.05, 3.63) is 0 Å². The fourth-order valence-corrected chi connectivity index (χ4v) is 2.12. The molecule has 0 aliphatic heterocycles. The van der Waals surface area contributed by atoms with Crippen molar-refractivity contribution in [2.24, 2.45) is 11.1 Å². The fourth-order valence-electron chi connectivity index (χ4n) is 0.707. The Kier molecular flexibility index (Phi) is 5.75. The third kappa shape index (κ3) is 5.09. The van der Waals surface area contributed by atoms with Crippen molar-refractivity contribution < 1.29 is 8.76 Å². The number of rotatable bonds is 1.